The summed E-state index contributed by atoms with van der Waals surface area (Å²) in [5.74, 6) is -1.64. The molecule has 0 aliphatic carbocycles. The third-order valence-electron chi connectivity index (χ3n) is 4.61. The first-order valence-corrected chi connectivity index (χ1v) is 8.91. The van der Waals surface area contributed by atoms with Crippen LogP contribution in [-0.4, -0.2) is 15.8 Å². The van der Waals surface area contributed by atoms with Crippen LogP contribution in [0, 0.1) is 0 Å². The molecule has 0 unspecified atom stereocenters. The number of pyridine rings is 2. The van der Waals surface area contributed by atoms with E-state index in [4.69, 9.17) is 5.73 Å². The maximum Gasteiger partial charge on any atom is 0.418 e. The van der Waals surface area contributed by atoms with Crippen molar-refractivity contribution in [3.63, 3.8) is 0 Å². The number of anilines is 1. The Morgan fingerprint density at radius 2 is 1.58 bits per heavy atom. The Labute approximate surface area is 172 Å². The second-order valence-corrected chi connectivity index (χ2v) is 6.71. The largest absolute Gasteiger partial charge is 0.418 e. The van der Waals surface area contributed by atoms with Crippen molar-refractivity contribution in [3.8, 4) is 0 Å². The van der Waals surface area contributed by atoms with Gasteiger partial charge in [-0.2, -0.15) is 26.3 Å². The molecule has 31 heavy (non-hydrogen) atoms. The van der Waals surface area contributed by atoms with Crippen LogP contribution >= 0.6 is 0 Å². The molecule has 0 aliphatic heterocycles. The van der Waals surface area contributed by atoms with Crippen molar-refractivity contribution >= 4 is 11.6 Å². The van der Waals surface area contributed by atoms with E-state index in [1.165, 1.54) is 18.3 Å². The van der Waals surface area contributed by atoms with E-state index in [0.29, 0.717) is 0 Å². The first-order valence-electron chi connectivity index (χ1n) is 8.91. The molecule has 1 aromatic carbocycles. The molecule has 10 heteroatoms. The van der Waals surface area contributed by atoms with Crippen LogP contribution in [0.5, 0.6) is 0 Å². The number of carbonyl (C=O) groups is 1. The van der Waals surface area contributed by atoms with Crippen molar-refractivity contribution in [2.24, 2.45) is 0 Å². The lowest BCUT2D eigenvalue weighted by molar-refractivity contribution is -0.139. The summed E-state index contributed by atoms with van der Waals surface area (Å²) in [6.07, 6.45) is -7.51. The fourth-order valence-corrected chi connectivity index (χ4v) is 3.09. The van der Waals surface area contributed by atoms with Crippen LogP contribution in [0.1, 0.15) is 45.1 Å². The summed E-state index contributed by atoms with van der Waals surface area (Å²) in [6.45, 7) is 0. The van der Waals surface area contributed by atoms with Crippen LogP contribution in [0.4, 0.5) is 32.2 Å². The Morgan fingerprint density at radius 1 is 0.903 bits per heavy atom. The molecule has 0 radical (unpaired) electrons. The summed E-state index contributed by atoms with van der Waals surface area (Å²) in [6, 6.07) is 8.27. The lowest BCUT2D eigenvalue weighted by Gasteiger charge is -2.21. The molecule has 0 aliphatic rings. The van der Waals surface area contributed by atoms with Gasteiger partial charge in [0.25, 0.3) is 0 Å². The summed E-state index contributed by atoms with van der Waals surface area (Å²) in [7, 11) is 0. The number of hydrogen-bond acceptors (Lipinski definition) is 4. The molecule has 3 aromatic rings. The fraction of sp³-hybridized carbons (Fsp3) is 0.190. The van der Waals surface area contributed by atoms with Gasteiger partial charge in [-0.05, 0) is 42.0 Å². The van der Waals surface area contributed by atoms with E-state index in [2.05, 4.69) is 9.97 Å². The molecule has 0 fully saturated rings. The van der Waals surface area contributed by atoms with Crippen LogP contribution in [0.2, 0.25) is 0 Å². The predicted octanol–water partition coefficient (Wildman–Crippen LogP) is 5.50. The molecule has 2 aromatic heterocycles. The van der Waals surface area contributed by atoms with E-state index >= 15 is 0 Å². The molecule has 2 N–H and O–H groups in total. The number of carbonyl (C=O) groups excluding carboxylic acids is 1. The van der Waals surface area contributed by atoms with Gasteiger partial charge in [0.15, 0.2) is 5.78 Å². The SMILES string of the molecule is Nc1ccc(C(=O)C[C@@H](c2ccc(C(F)(F)F)cc2)c2ncccc2C(F)(F)F)cn1. The van der Waals surface area contributed by atoms with E-state index < -0.39 is 47.3 Å². The second-order valence-electron chi connectivity index (χ2n) is 6.71. The summed E-state index contributed by atoms with van der Waals surface area (Å²) >= 11 is 0. The van der Waals surface area contributed by atoms with Gasteiger partial charge >= 0.3 is 12.4 Å². The topological polar surface area (TPSA) is 68.9 Å². The molecule has 0 amide bonds. The van der Waals surface area contributed by atoms with Gasteiger partial charge in [0, 0.05) is 30.3 Å². The normalized spacial score (nSPS) is 13.1. The number of Topliss-reactive ketones (excluding diaryl/α,β-unsaturated/α-hetero) is 1. The fourth-order valence-electron chi connectivity index (χ4n) is 3.09. The number of aromatic nitrogens is 2. The number of nitrogen functional groups attached to an aromatic ring is 1. The molecule has 0 spiro atoms. The molecule has 162 valence electrons. The number of alkyl halides is 6. The lowest BCUT2D eigenvalue weighted by atomic mass is 9.86. The maximum absolute atomic E-state index is 13.6. The summed E-state index contributed by atoms with van der Waals surface area (Å²) in [4.78, 5) is 20.3. The van der Waals surface area contributed by atoms with Gasteiger partial charge in [0.2, 0.25) is 0 Å². The Hall–Kier alpha value is -3.43. The Bertz CT molecular complexity index is 1060. The number of halogens is 6. The van der Waals surface area contributed by atoms with Crippen molar-refractivity contribution in [2.45, 2.75) is 24.7 Å². The molecule has 1 atom stereocenters. The van der Waals surface area contributed by atoms with Crippen molar-refractivity contribution in [1.82, 2.24) is 9.97 Å². The lowest BCUT2D eigenvalue weighted by Crippen LogP contribution is -2.17. The quantitative estimate of drug-likeness (QED) is 0.421. The van der Waals surface area contributed by atoms with Crippen LogP contribution in [0.15, 0.2) is 60.9 Å². The van der Waals surface area contributed by atoms with Crippen molar-refractivity contribution in [3.05, 3.63) is 88.9 Å². The van der Waals surface area contributed by atoms with E-state index in [0.717, 1.165) is 42.6 Å². The highest BCUT2D eigenvalue weighted by atomic mass is 19.4. The molecule has 2 heterocycles. The number of ketones is 1. The predicted molar refractivity (Wildman–Crippen MR) is 100 cm³/mol. The molecule has 0 bridgehead atoms. The minimum Gasteiger partial charge on any atom is -0.384 e. The highest BCUT2D eigenvalue weighted by Crippen LogP contribution is 2.39. The van der Waals surface area contributed by atoms with Crippen molar-refractivity contribution < 1.29 is 31.1 Å². The zero-order valence-corrected chi connectivity index (χ0v) is 15.7. The average Bonchev–Trinajstić information content (AvgIpc) is 2.71. The summed E-state index contributed by atoms with van der Waals surface area (Å²) < 4.78 is 79.3. The second kappa shape index (κ2) is 8.37. The highest BCUT2D eigenvalue weighted by molar-refractivity contribution is 5.96. The number of nitrogens with two attached hydrogens (primary N) is 1. The molecular formula is C21H15F6N3O. The van der Waals surface area contributed by atoms with E-state index in [1.54, 1.807) is 0 Å². The molecular weight excluding hydrogens is 424 g/mol. The Morgan fingerprint density at radius 3 is 2.13 bits per heavy atom. The number of rotatable bonds is 5. The summed E-state index contributed by atoms with van der Waals surface area (Å²) in [5, 5.41) is 0. The molecule has 0 saturated carbocycles. The Balaban J connectivity index is 2.07. The van der Waals surface area contributed by atoms with Crippen LogP contribution in [0.25, 0.3) is 0 Å². The Kier molecular flexibility index (Phi) is 6.01. The third-order valence-corrected chi connectivity index (χ3v) is 4.61. The van der Waals surface area contributed by atoms with E-state index in [-0.39, 0.29) is 16.9 Å². The number of benzene rings is 1. The highest BCUT2D eigenvalue weighted by Gasteiger charge is 2.37. The first-order chi connectivity index (χ1) is 14.5. The maximum atomic E-state index is 13.6. The monoisotopic (exact) mass is 439 g/mol. The average molecular weight is 439 g/mol. The molecule has 4 nitrogen and oxygen atoms in total. The van der Waals surface area contributed by atoms with E-state index in [9.17, 15) is 31.1 Å². The smallest absolute Gasteiger partial charge is 0.384 e. The molecule has 0 saturated heterocycles. The van der Waals surface area contributed by atoms with Gasteiger partial charge in [0.1, 0.15) is 5.82 Å². The number of hydrogen-bond donors (Lipinski definition) is 1. The molecule has 3 rings (SSSR count). The number of nitrogens with zero attached hydrogens (tertiary/aromatic N) is 2. The van der Waals surface area contributed by atoms with Crippen molar-refractivity contribution in [2.75, 3.05) is 5.73 Å². The standard InChI is InChI=1S/C21H15F6N3O/c22-20(23,24)14-6-3-12(4-7-14)15(10-17(31)13-5-8-18(28)30-11-13)19-16(21(25,26)27)2-1-9-29-19/h1-9,11,15H,10H2,(H2,28,30)/t15-/m0/s1. The minimum atomic E-state index is -4.76. The van der Waals surface area contributed by atoms with Crippen LogP contribution in [0.3, 0.4) is 0 Å². The third kappa shape index (κ3) is 5.19. The van der Waals surface area contributed by atoms with Gasteiger partial charge < -0.3 is 5.73 Å². The van der Waals surface area contributed by atoms with Crippen molar-refractivity contribution in [1.29, 1.82) is 0 Å². The van der Waals surface area contributed by atoms with Gasteiger partial charge in [-0.1, -0.05) is 12.1 Å². The zero-order valence-electron chi connectivity index (χ0n) is 15.7. The van der Waals surface area contributed by atoms with Crippen LogP contribution < -0.4 is 5.73 Å². The minimum absolute atomic E-state index is 0.0916. The van der Waals surface area contributed by atoms with Gasteiger partial charge in [-0.15, -0.1) is 0 Å². The van der Waals surface area contributed by atoms with E-state index in [1.807, 2.05) is 0 Å². The van der Waals surface area contributed by atoms with Gasteiger partial charge in [-0.25, -0.2) is 4.98 Å². The zero-order chi connectivity index (χ0) is 22.8. The van der Waals surface area contributed by atoms with Gasteiger partial charge in [0.05, 0.1) is 16.8 Å². The first kappa shape index (κ1) is 22.3. The summed E-state index contributed by atoms with van der Waals surface area (Å²) in [5.41, 5.74) is 3.20. The van der Waals surface area contributed by atoms with Crippen LogP contribution in [-0.2, 0) is 12.4 Å². The van der Waals surface area contributed by atoms with Gasteiger partial charge in [-0.3, -0.25) is 9.78 Å².